The van der Waals surface area contributed by atoms with Crippen LogP contribution in [-0.4, -0.2) is 15.4 Å². The number of carbonyl (C=O) groups is 1. The molecule has 0 aliphatic heterocycles. The van der Waals surface area contributed by atoms with E-state index in [9.17, 15) is 19.7 Å². The number of rotatable bonds is 4. The second-order valence-corrected chi connectivity index (χ2v) is 4.51. The molecule has 1 aromatic carbocycles. The van der Waals surface area contributed by atoms with Gasteiger partial charge in [-0.2, -0.15) is 0 Å². The van der Waals surface area contributed by atoms with Gasteiger partial charge in [-0.25, -0.2) is 0 Å². The van der Waals surface area contributed by atoms with Crippen LogP contribution < -0.4 is 10.7 Å². The lowest BCUT2D eigenvalue weighted by atomic mass is 10.2. The predicted octanol–water partition coefficient (Wildman–Crippen LogP) is 1.76. The molecule has 0 aliphatic carbocycles. The Labute approximate surface area is 120 Å². The van der Waals surface area contributed by atoms with E-state index >= 15 is 0 Å². The molecule has 0 unspecified atom stereocenters. The summed E-state index contributed by atoms with van der Waals surface area (Å²) in [6.45, 7) is 1.77. The molecule has 1 aromatic heterocycles. The zero-order valence-corrected chi connectivity index (χ0v) is 11.3. The van der Waals surface area contributed by atoms with Crippen molar-refractivity contribution in [2.45, 2.75) is 13.5 Å². The summed E-state index contributed by atoms with van der Waals surface area (Å²) < 4.78 is 1.55. The number of amides is 1. The van der Waals surface area contributed by atoms with Gasteiger partial charge in [-0.1, -0.05) is 12.1 Å². The van der Waals surface area contributed by atoms with E-state index in [2.05, 4.69) is 5.32 Å². The molecule has 108 valence electrons. The number of hydrogen-bond donors (Lipinski definition) is 1. The Morgan fingerprint density at radius 1 is 1.38 bits per heavy atom. The fourth-order valence-electron chi connectivity index (χ4n) is 1.91. The summed E-state index contributed by atoms with van der Waals surface area (Å²) in [6, 6.07) is 8.28. The normalized spacial score (nSPS) is 10.1. The third-order valence-electron chi connectivity index (χ3n) is 2.77. The van der Waals surface area contributed by atoms with Crippen molar-refractivity contribution in [2.24, 2.45) is 0 Å². The Kier molecular flexibility index (Phi) is 4.13. The molecule has 7 nitrogen and oxygen atoms in total. The minimum atomic E-state index is -0.702. The maximum atomic E-state index is 11.3. The minimum Gasteiger partial charge on any atom is -0.344 e. The highest BCUT2D eigenvalue weighted by atomic mass is 16.6. The third kappa shape index (κ3) is 3.75. The van der Waals surface area contributed by atoms with Gasteiger partial charge in [0, 0.05) is 31.4 Å². The molecule has 0 atom stereocenters. The Morgan fingerprint density at radius 2 is 2.14 bits per heavy atom. The number of nitrogens with one attached hydrogen (secondary N) is 1. The van der Waals surface area contributed by atoms with Crippen LogP contribution in [0.25, 0.3) is 0 Å². The van der Waals surface area contributed by atoms with Crippen LogP contribution in [0.15, 0.2) is 47.5 Å². The van der Waals surface area contributed by atoms with Crippen LogP contribution in [0.2, 0.25) is 0 Å². The summed E-state index contributed by atoms with van der Waals surface area (Å²) in [5.74, 6) is -0.175. The van der Waals surface area contributed by atoms with Gasteiger partial charge in [0.15, 0.2) is 0 Å². The average molecular weight is 287 g/mol. The first-order valence-corrected chi connectivity index (χ1v) is 6.17. The smallest absolute Gasteiger partial charge is 0.332 e. The highest BCUT2D eigenvalue weighted by molar-refractivity contribution is 5.88. The lowest BCUT2D eigenvalue weighted by molar-refractivity contribution is -0.386. The highest BCUT2D eigenvalue weighted by Gasteiger charge is 2.11. The van der Waals surface area contributed by atoms with Crippen molar-refractivity contribution in [1.29, 1.82) is 0 Å². The molecule has 1 amide bonds. The lowest BCUT2D eigenvalue weighted by Crippen LogP contribution is -2.11. The van der Waals surface area contributed by atoms with E-state index in [4.69, 9.17) is 0 Å². The van der Waals surface area contributed by atoms with Crippen LogP contribution in [0, 0.1) is 10.1 Å². The van der Waals surface area contributed by atoms with E-state index in [0.29, 0.717) is 12.2 Å². The first-order chi connectivity index (χ1) is 9.95. The zero-order chi connectivity index (χ0) is 15.4. The van der Waals surface area contributed by atoms with Gasteiger partial charge in [0.25, 0.3) is 5.43 Å². The zero-order valence-electron chi connectivity index (χ0n) is 11.3. The number of aromatic nitrogens is 1. The molecule has 2 rings (SSSR count). The molecule has 21 heavy (non-hydrogen) atoms. The summed E-state index contributed by atoms with van der Waals surface area (Å²) in [4.78, 5) is 32.4. The van der Waals surface area contributed by atoms with Crippen LogP contribution in [0.3, 0.4) is 0 Å². The second-order valence-electron chi connectivity index (χ2n) is 4.51. The fourth-order valence-corrected chi connectivity index (χ4v) is 1.91. The summed E-state index contributed by atoms with van der Waals surface area (Å²) in [5.41, 5.74) is 0.411. The maximum Gasteiger partial charge on any atom is 0.332 e. The fraction of sp³-hybridized carbons (Fsp3) is 0.143. The van der Waals surface area contributed by atoms with Crippen LogP contribution in [0.5, 0.6) is 0 Å². The number of nitrogens with zero attached hydrogens (tertiary/aromatic N) is 2. The van der Waals surface area contributed by atoms with Gasteiger partial charge in [-0.15, -0.1) is 0 Å². The van der Waals surface area contributed by atoms with Gasteiger partial charge in [-0.3, -0.25) is 19.7 Å². The topological polar surface area (TPSA) is 94.2 Å². The van der Waals surface area contributed by atoms with Gasteiger partial charge in [-0.05, 0) is 17.7 Å². The van der Waals surface area contributed by atoms with Crippen molar-refractivity contribution in [1.82, 2.24) is 4.57 Å². The first kappa shape index (κ1) is 14.4. The van der Waals surface area contributed by atoms with E-state index in [1.807, 2.05) is 6.07 Å². The predicted molar refractivity (Wildman–Crippen MR) is 77.2 cm³/mol. The molecule has 1 heterocycles. The van der Waals surface area contributed by atoms with Crippen molar-refractivity contribution in [3.05, 3.63) is 68.6 Å². The molecule has 0 bridgehead atoms. The summed E-state index contributed by atoms with van der Waals surface area (Å²) in [5, 5.41) is 13.4. The first-order valence-electron chi connectivity index (χ1n) is 6.17. The quantitative estimate of drug-likeness (QED) is 0.684. The van der Waals surface area contributed by atoms with Crippen molar-refractivity contribution >= 4 is 17.3 Å². The minimum absolute atomic E-state index is 0.175. The van der Waals surface area contributed by atoms with Crippen LogP contribution in [-0.2, 0) is 11.3 Å². The van der Waals surface area contributed by atoms with E-state index < -0.39 is 16.0 Å². The summed E-state index contributed by atoms with van der Waals surface area (Å²) in [7, 11) is 0. The van der Waals surface area contributed by atoms with E-state index in [0.717, 1.165) is 11.6 Å². The monoisotopic (exact) mass is 287 g/mol. The molecule has 0 fully saturated rings. The van der Waals surface area contributed by atoms with Crippen LogP contribution in [0.4, 0.5) is 11.4 Å². The number of benzene rings is 1. The molecular formula is C14H13N3O4. The number of hydrogen-bond acceptors (Lipinski definition) is 4. The van der Waals surface area contributed by atoms with E-state index in [1.165, 1.54) is 19.3 Å². The van der Waals surface area contributed by atoms with E-state index in [1.54, 1.807) is 22.8 Å². The second kappa shape index (κ2) is 6.00. The van der Waals surface area contributed by atoms with Crippen molar-refractivity contribution in [3.63, 3.8) is 0 Å². The van der Waals surface area contributed by atoms with Crippen molar-refractivity contribution < 1.29 is 9.72 Å². The number of nitro groups is 1. The van der Waals surface area contributed by atoms with Crippen LogP contribution in [0.1, 0.15) is 12.5 Å². The number of pyridine rings is 1. The Morgan fingerprint density at radius 3 is 2.81 bits per heavy atom. The molecular weight excluding hydrogens is 274 g/mol. The molecule has 2 aromatic rings. The van der Waals surface area contributed by atoms with Gasteiger partial charge in [0.05, 0.1) is 11.1 Å². The Bertz CT molecular complexity index is 752. The molecule has 0 saturated heterocycles. The van der Waals surface area contributed by atoms with Gasteiger partial charge < -0.3 is 9.88 Å². The van der Waals surface area contributed by atoms with Gasteiger partial charge in [0.2, 0.25) is 5.91 Å². The molecule has 7 heteroatoms. The Balaban J connectivity index is 2.26. The SMILES string of the molecule is CC(=O)Nc1cccc(Cn2ccc(=O)c([N+](=O)[O-])c2)c1. The number of anilines is 1. The number of carbonyl (C=O) groups excluding carboxylic acids is 1. The van der Waals surface area contributed by atoms with E-state index in [-0.39, 0.29) is 5.91 Å². The standard InChI is InChI=1S/C14H13N3O4/c1-10(18)15-12-4-2-3-11(7-12)8-16-6-5-14(19)13(9-16)17(20)21/h2-7,9H,8H2,1H3,(H,15,18). The molecule has 0 spiro atoms. The third-order valence-corrected chi connectivity index (χ3v) is 2.77. The molecule has 0 saturated carbocycles. The van der Waals surface area contributed by atoms with Crippen LogP contribution >= 0.6 is 0 Å². The van der Waals surface area contributed by atoms with Gasteiger partial charge >= 0.3 is 5.69 Å². The Hall–Kier alpha value is -2.96. The molecule has 1 N–H and O–H groups in total. The lowest BCUT2D eigenvalue weighted by Gasteiger charge is -2.08. The maximum absolute atomic E-state index is 11.3. The summed E-state index contributed by atoms with van der Waals surface area (Å²) in [6.07, 6.45) is 2.69. The van der Waals surface area contributed by atoms with Crippen molar-refractivity contribution in [2.75, 3.05) is 5.32 Å². The van der Waals surface area contributed by atoms with Crippen molar-refractivity contribution in [3.8, 4) is 0 Å². The highest BCUT2D eigenvalue weighted by Crippen LogP contribution is 2.12. The molecule has 0 aliphatic rings. The largest absolute Gasteiger partial charge is 0.344 e. The average Bonchev–Trinajstić information content (AvgIpc) is 2.40. The summed E-state index contributed by atoms with van der Waals surface area (Å²) >= 11 is 0. The molecule has 0 radical (unpaired) electrons. The van der Waals surface area contributed by atoms with Gasteiger partial charge in [0.1, 0.15) is 0 Å².